The van der Waals surface area contributed by atoms with E-state index in [4.69, 9.17) is 42.6 Å². The average molecular weight is 1110 g/mol. The molecule has 5 saturated heterocycles. The van der Waals surface area contributed by atoms with Gasteiger partial charge in [0.15, 0.2) is 30.4 Å². The summed E-state index contributed by atoms with van der Waals surface area (Å²) in [7, 11) is 0. The maximum Gasteiger partial charge on any atom is 0.187 e. The van der Waals surface area contributed by atoms with Crippen molar-refractivity contribution in [1.29, 1.82) is 0 Å². The number of hydrogen-bond acceptors (Lipinski definition) is 25. The highest BCUT2D eigenvalue weighted by Gasteiger charge is 2.73. The van der Waals surface area contributed by atoms with Crippen LogP contribution in [0.2, 0.25) is 0 Å². The lowest BCUT2D eigenvalue weighted by Gasteiger charge is -2.64. The van der Waals surface area contributed by atoms with E-state index in [-0.39, 0.29) is 72.6 Å². The van der Waals surface area contributed by atoms with Crippen molar-refractivity contribution in [1.82, 2.24) is 0 Å². The van der Waals surface area contributed by atoms with E-state index >= 15 is 0 Å². The number of ether oxygens (including phenoxy) is 9. The number of aliphatic hydroxyl groups excluding tert-OH is 14. The fourth-order valence-corrected chi connectivity index (χ4v) is 16.4. The SMILES string of the molecule is CC1CC[C@@]2(OC1)OC1CC3C4CC(=O)[C@@]5(O)CC(OC6CC(CO)C(OC7OC(CO)C(O)C(OC8OC(CO)C(O)C(O)C8O)C7OCC7OC(O)C(O)C(O)C7O)C(O)C6O)[C@H](O)C[C@]5(C)C4CC[C@]3(C)C1[C@@H]2C. The zero-order valence-corrected chi connectivity index (χ0v) is 43.9. The van der Waals surface area contributed by atoms with Gasteiger partial charge in [0.05, 0.1) is 56.9 Å². The molecule has 0 aromatic heterocycles. The summed E-state index contributed by atoms with van der Waals surface area (Å²) < 4.78 is 54.8. The summed E-state index contributed by atoms with van der Waals surface area (Å²) in [5.41, 5.74) is -3.07. The highest BCUT2D eigenvalue weighted by molar-refractivity contribution is 5.89. The molecule has 0 aromatic rings. The molecule has 5 saturated carbocycles. The lowest BCUT2D eigenvalue weighted by molar-refractivity contribution is -0.378. The zero-order valence-electron chi connectivity index (χ0n) is 43.9. The minimum absolute atomic E-state index is 0.00596. The molecular formula is C52H84O25. The highest BCUT2D eigenvalue weighted by atomic mass is 16.8. The minimum Gasteiger partial charge on any atom is -0.396 e. The number of carbonyl (C=O) groups excluding carboxylic acids is 1. The van der Waals surface area contributed by atoms with Crippen molar-refractivity contribution in [3.05, 3.63) is 0 Å². The van der Waals surface area contributed by atoms with Gasteiger partial charge in [0.25, 0.3) is 0 Å². The van der Waals surface area contributed by atoms with Gasteiger partial charge in [-0.2, -0.15) is 0 Å². The van der Waals surface area contributed by atoms with E-state index in [0.29, 0.717) is 12.5 Å². The Morgan fingerprint density at radius 3 is 1.96 bits per heavy atom. The van der Waals surface area contributed by atoms with Gasteiger partial charge in [-0.3, -0.25) is 4.79 Å². The summed E-state index contributed by atoms with van der Waals surface area (Å²) in [6.45, 7) is 6.02. The molecule has 25 nitrogen and oxygen atoms in total. The molecule has 5 aliphatic carbocycles. The second-order valence-corrected chi connectivity index (χ2v) is 25.1. The van der Waals surface area contributed by atoms with Gasteiger partial charge in [-0.15, -0.1) is 0 Å². The molecule has 0 amide bonds. The van der Waals surface area contributed by atoms with Gasteiger partial charge in [0.2, 0.25) is 0 Å². The van der Waals surface area contributed by atoms with Crippen molar-refractivity contribution in [2.45, 2.75) is 232 Å². The van der Waals surface area contributed by atoms with Gasteiger partial charge in [0.1, 0.15) is 91.1 Å². The van der Waals surface area contributed by atoms with Gasteiger partial charge < -0.3 is 119 Å². The first-order valence-electron chi connectivity index (χ1n) is 27.8. The van der Waals surface area contributed by atoms with Crippen LogP contribution in [0, 0.1) is 52.3 Å². The number of carbonyl (C=O) groups is 1. The van der Waals surface area contributed by atoms with Gasteiger partial charge in [-0.05, 0) is 73.5 Å². The fourth-order valence-electron chi connectivity index (χ4n) is 16.4. The molecule has 5 aliphatic heterocycles. The van der Waals surface area contributed by atoms with Crippen LogP contribution in [-0.2, 0) is 47.4 Å². The molecule has 0 radical (unpaired) electrons. The second-order valence-electron chi connectivity index (χ2n) is 25.1. The minimum atomic E-state index is -2.02. The number of Topliss-reactive ketones (excluding diaryl/α,β-unsaturated/α-hetero) is 1. The van der Waals surface area contributed by atoms with Crippen molar-refractivity contribution < 1.29 is 124 Å². The van der Waals surface area contributed by atoms with Gasteiger partial charge in [-0.1, -0.05) is 27.7 Å². The first-order chi connectivity index (χ1) is 36.4. The van der Waals surface area contributed by atoms with Crippen molar-refractivity contribution in [2.24, 2.45) is 52.3 Å². The lowest BCUT2D eigenvalue weighted by Crippen LogP contribution is -2.70. The number of fused-ring (bicyclic) bond motifs is 7. The fraction of sp³-hybridized carbons (Fsp3) is 0.981. The molecule has 25 heteroatoms. The van der Waals surface area contributed by atoms with E-state index in [9.17, 15) is 81.4 Å². The topological polar surface area (TPSA) is 404 Å². The van der Waals surface area contributed by atoms with Crippen LogP contribution in [0.25, 0.3) is 0 Å². The smallest absolute Gasteiger partial charge is 0.187 e. The zero-order chi connectivity index (χ0) is 55.6. The van der Waals surface area contributed by atoms with Crippen LogP contribution >= 0.6 is 0 Å². The van der Waals surface area contributed by atoms with Crippen LogP contribution in [0.4, 0.5) is 0 Å². The molecule has 442 valence electrons. The molecule has 27 unspecified atom stereocenters. The maximum absolute atomic E-state index is 14.6. The summed E-state index contributed by atoms with van der Waals surface area (Å²) in [5.74, 6) is -1.19. The van der Waals surface area contributed by atoms with Gasteiger partial charge in [-0.25, -0.2) is 0 Å². The lowest BCUT2D eigenvalue weighted by atomic mass is 9.42. The highest BCUT2D eigenvalue weighted by Crippen LogP contribution is 2.71. The average Bonchev–Trinajstić information content (AvgIpc) is 3.87. The Labute approximate surface area is 445 Å². The Bertz CT molecular complexity index is 2050. The van der Waals surface area contributed by atoms with E-state index in [0.717, 1.165) is 32.1 Å². The third-order valence-corrected chi connectivity index (χ3v) is 20.9. The monoisotopic (exact) mass is 1110 g/mol. The van der Waals surface area contributed by atoms with Crippen LogP contribution in [0.15, 0.2) is 0 Å². The molecule has 10 rings (SSSR count). The molecule has 33 atom stereocenters. The molecule has 0 aromatic carbocycles. The second kappa shape index (κ2) is 22.0. The summed E-state index contributed by atoms with van der Waals surface area (Å²) >= 11 is 0. The molecular weight excluding hydrogens is 1020 g/mol. The standard InChI is InChI=1S/C52H84O25/c1-19-5-8-52(70-17-19)20(2)33-26(77-52)11-24-22-10-32(57)51(68)13-28(25(56)12-50(51,4)23(22)6-7-49(24,33)3)71-27-9-21(14-53)43(40(64)34(27)58)75-48-45(69-18-31-36(60)38(62)41(65)46(67)72-31)44(37(61)30(16-55)74-48)76-47-42(66)39(63)35(59)29(15-54)73-47/h19-31,33-48,53-56,58-68H,5-18H2,1-4H3/t19?,20-,21?,22?,23?,24?,25+,26?,27?,28?,29?,30?,31?,33?,34?,35?,36?,37?,38?,39?,40?,41?,42?,43?,44?,45?,46?,47?,48?,49-,50+,51-,52+/m0/s1. The molecule has 5 heterocycles. The Hall–Kier alpha value is -1.29. The summed E-state index contributed by atoms with van der Waals surface area (Å²) in [6.07, 6.45) is -32.8. The van der Waals surface area contributed by atoms with E-state index in [1.807, 2.05) is 6.92 Å². The van der Waals surface area contributed by atoms with E-state index in [1.165, 1.54) is 0 Å². The Kier molecular flexibility index (Phi) is 16.9. The molecule has 10 fully saturated rings. The molecule has 1 spiro atoms. The number of rotatable bonds is 12. The van der Waals surface area contributed by atoms with Crippen LogP contribution in [0.1, 0.15) is 85.5 Å². The first-order valence-corrected chi connectivity index (χ1v) is 27.8. The summed E-state index contributed by atoms with van der Waals surface area (Å²) in [4.78, 5) is 14.6. The number of ketones is 1. The van der Waals surface area contributed by atoms with E-state index in [1.54, 1.807) is 0 Å². The molecule has 0 bridgehead atoms. The predicted molar refractivity (Wildman–Crippen MR) is 255 cm³/mol. The van der Waals surface area contributed by atoms with Crippen LogP contribution in [-0.4, -0.2) is 262 Å². The van der Waals surface area contributed by atoms with Crippen molar-refractivity contribution >= 4 is 5.78 Å². The van der Waals surface area contributed by atoms with Crippen molar-refractivity contribution in [3.63, 3.8) is 0 Å². The van der Waals surface area contributed by atoms with Gasteiger partial charge >= 0.3 is 0 Å². The third-order valence-electron chi connectivity index (χ3n) is 20.9. The number of aliphatic hydroxyl groups is 15. The van der Waals surface area contributed by atoms with Crippen molar-refractivity contribution in [2.75, 3.05) is 33.0 Å². The number of hydrogen-bond donors (Lipinski definition) is 15. The first kappa shape index (κ1) is 58.9. The van der Waals surface area contributed by atoms with E-state index in [2.05, 4.69) is 20.8 Å². The predicted octanol–water partition coefficient (Wildman–Crippen LogP) is -4.98. The maximum atomic E-state index is 14.6. The van der Waals surface area contributed by atoms with Gasteiger partial charge in [0, 0.05) is 43.1 Å². The summed E-state index contributed by atoms with van der Waals surface area (Å²) in [5, 5.41) is 164. The van der Waals surface area contributed by atoms with Crippen LogP contribution < -0.4 is 0 Å². The molecule has 15 N–H and O–H groups in total. The van der Waals surface area contributed by atoms with Crippen LogP contribution in [0.5, 0.6) is 0 Å². The largest absolute Gasteiger partial charge is 0.396 e. The Balaban J connectivity index is 0.843. The Morgan fingerprint density at radius 1 is 0.623 bits per heavy atom. The third kappa shape index (κ3) is 9.71. The van der Waals surface area contributed by atoms with E-state index < -0.39 is 178 Å². The van der Waals surface area contributed by atoms with Crippen LogP contribution in [0.3, 0.4) is 0 Å². The quantitative estimate of drug-likeness (QED) is 0.0870. The Morgan fingerprint density at radius 2 is 1.29 bits per heavy atom. The molecule has 77 heavy (non-hydrogen) atoms. The normalized spacial score (nSPS) is 57.8. The van der Waals surface area contributed by atoms with Crippen molar-refractivity contribution in [3.8, 4) is 0 Å². The summed E-state index contributed by atoms with van der Waals surface area (Å²) in [6, 6.07) is 0. The molecule has 10 aliphatic rings.